The number of halogens is 1. The molecule has 1 aromatic heterocycles. The standard InChI is InChI=1S/C14H18ClNO2/c1-14(2,3)13(16)11-6-8-5-9(15)7-10(17-4)12(8)18-11/h5-7,13H,16H2,1-4H3. The molecule has 3 nitrogen and oxygen atoms in total. The molecule has 4 heteroatoms. The smallest absolute Gasteiger partial charge is 0.176 e. The summed E-state index contributed by atoms with van der Waals surface area (Å²) in [5.41, 5.74) is 6.82. The van der Waals surface area contributed by atoms with Gasteiger partial charge in [0.15, 0.2) is 11.3 Å². The lowest BCUT2D eigenvalue weighted by molar-refractivity contribution is 0.288. The van der Waals surface area contributed by atoms with Crippen molar-refractivity contribution in [1.82, 2.24) is 0 Å². The van der Waals surface area contributed by atoms with Crippen molar-refractivity contribution in [2.45, 2.75) is 26.8 Å². The number of ether oxygens (including phenoxy) is 1. The van der Waals surface area contributed by atoms with Gasteiger partial charge in [-0.2, -0.15) is 0 Å². The number of furan rings is 1. The van der Waals surface area contributed by atoms with Crippen molar-refractivity contribution in [1.29, 1.82) is 0 Å². The van der Waals surface area contributed by atoms with E-state index in [1.165, 1.54) is 0 Å². The summed E-state index contributed by atoms with van der Waals surface area (Å²) in [5, 5.41) is 1.53. The van der Waals surface area contributed by atoms with Crippen LogP contribution in [0, 0.1) is 5.41 Å². The molecule has 98 valence electrons. The fraction of sp³-hybridized carbons (Fsp3) is 0.429. The van der Waals surface area contributed by atoms with Crippen LogP contribution in [0.1, 0.15) is 32.6 Å². The topological polar surface area (TPSA) is 48.4 Å². The van der Waals surface area contributed by atoms with Crippen LogP contribution < -0.4 is 10.5 Å². The molecular formula is C14H18ClNO2. The average molecular weight is 268 g/mol. The third-order valence-electron chi connectivity index (χ3n) is 3.03. The highest BCUT2D eigenvalue weighted by atomic mass is 35.5. The Morgan fingerprint density at radius 3 is 2.50 bits per heavy atom. The first kappa shape index (κ1) is 13.2. The van der Waals surface area contributed by atoms with Crippen LogP contribution >= 0.6 is 11.6 Å². The zero-order valence-electron chi connectivity index (χ0n) is 11.1. The number of fused-ring (bicyclic) bond motifs is 1. The zero-order chi connectivity index (χ0) is 13.5. The third kappa shape index (κ3) is 2.33. The molecule has 1 atom stereocenters. The minimum Gasteiger partial charge on any atom is -0.493 e. The number of hydrogen-bond acceptors (Lipinski definition) is 3. The molecule has 0 bridgehead atoms. The maximum atomic E-state index is 6.20. The number of nitrogens with two attached hydrogens (primary N) is 1. The summed E-state index contributed by atoms with van der Waals surface area (Å²) in [4.78, 5) is 0. The quantitative estimate of drug-likeness (QED) is 0.890. The highest BCUT2D eigenvalue weighted by Crippen LogP contribution is 2.37. The minimum absolute atomic E-state index is 0.0646. The summed E-state index contributed by atoms with van der Waals surface area (Å²) in [5.74, 6) is 1.38. The van der Waals surface area contributed by atoms with E-state index in [0.29, 0.717) is 16.4 Å². The third-order valence-corrected chi connectivity index (χ3v) is 3.24. The second kappa shape index (κ2) is 4.48. The largest absolute Gasteiger partial charge is 0.493 e. The molecule has 2 N–H and O–H groups in total. The van der Waals surface area contributed by atoms with Gasteiger partial charge in [-0.15, -0.1) is 0 Å². The predicted octanol–water partition coefficient (Wildman–Crippen LogP) is 4.14. The van der Waals surface area contributed by atoms with E-state index in [4.69, 9.17) is 26.5 Å². The second-order valence-corrected chi connectivity index (χ2v) is 5.96. The van der Waals surface area contributed by atoms with E-state index in [-0.39, 0.29) is 11.5 Å². The summed E-state index contributed by atoms with van der Waals surface area (Å²) < 4.78 is 11.1. The molecular weight excluding hydrogens is 250 g/mol. The van der Waals surface area contributed by atoms with Crippen LogP contribution in [-0.2, 0) is 0 Å². The highest BCUT2D eigenvalue weighted by Gasteiger charge is 2.26. The van der Waals surface area contributed by atoms with Gasteiger partial charge in [0.05, 0.1) is 13.2 Å². The Morgan fingerprint density at radius 1 is 1.28 bits per heavy atom. The SMILES string of the molecule is COc1cc(Cl)cc2cc(C(N)C(C)(C)C)oc12. The maximum Gasteiger partial charge on any atom is 0.176 e. The highest BCUT2D eigenvalue weighted by molar-refractivity contribution is 6.31. The van der Waals surface area contributed by atoms with Crippen molar-refractivity contribution in [2.75, 3.05) is 7.11 Å². The van der Waals surface area contributed by atoms with Gasteiger partial charge < -0.3 is 14.9 Å². The van der Waals surface area contributed by atoms with Crippen molar-refractivity contribution in [3.05, 3.63) is 29.0 Å². The Hall–Kier alpha value is -1.19. The fourth-order valence-electron chi connectivity index (χ4n) is 1.84. The van der Waals surface area contributed by atoms with E-state index >= 15 is 0 Å². The molecule has 0 saturated carbocycles. The summed E-state index contributed by atoms with van der Waals surface area (Å²) in [6, 6.07) is 5.34. The number of methoxy groups -OCH3 is 1. The van der Waals surface area contributed by atoms with Crippen LogP contribution in [0.15, 0.2) is 22.6 Å². The Bertz CT molecular complexity index is 569. The van der Waals surface area contributed by atoms with Crippen LogP contribution in [-0.4, -0.2) is 7.11 Å². The molecule has 0 aliphatic carbocycles. The molecule has 0 fully saturated rings. The van der Waals surface area contributed by atoms with E-state index in [0.717, 1.165) is 11.1 Å². The lowest BCUT2D eigenvalue weighted by atomic mass is 9.86. The van der Waals surface area contributed by atoms with Crippen molar-refractivity contribution in [3.63, 3.8) is 0 Å². The van der Waals surface area contributed by atoms with Crippen molar-refractivity contribution in [3.8, 4) is 5.75 Å². The summed E-state index contributed by atoms with van der Waals surface area (Å²) in [6.07, 6.45) is 0. The first-order chi connectivity index (χ1) is 8.32. The molecule has 0 amide bonds. The summed E-state index contributed by atoms with van der Waals surface area (Å²) in [6.45, 7) is 6.24. The van der Waals surface area contributed by atoms with Gasteiger partial charge in [0.2, 0.25) is 0 Å². The van der Waals surface area contributed by atoms with Gasteiger partial charge in [-0.3, -0.25) is 0 Å². The molecule has 18 heavy (non-hydrogen) atoms. The van der Waals surface area contributed by atoms with Gasteiger partial charge >= 0.3 is 0 Å². The Kier molecular flexibility index (Phi) is 3.30. The molecule has 2 aromatic rings. The first-order valence-electron chi connectivity index (χ1n) is 5.85. The molecule has 0 radical (unpaired) electrons. The molecule has 1 unspecified atom stereocenters. The van der Waals surface area contributed by atoms with Crippen molar-refractivity contribution < 1.29 is 9.15 Å². The van der Waals surface area contributed by atoms with E-state index in [9.17, 15) is 0 Å². The van der Waals surface area contributed by atoms with E-state index in [2.05, 4.69) is 20.8 Å². The van der Waals surface area contributed by atoms with Gasteiger partial charge in [0.1, 0.15) is 5.76 Å². The van der Waals surface area contributed by atoms with Crippen LogP contribution in [0.5, 0.6) is 5.75 Å². The molecule has 1 aromatic carbocycles. The lowest BCUT2D eigenvalue weighted by Gasteiger charge is -2.24. The number of rotatable bonds is 2. The Morgan fingerprint density at radius 2 is 1.94 bits per heavy atom. The van der Waals surface area contributed by atoms with Crippen LogP contribution in [0.4, 0.5) is 0 Å². The van der Waals surface area contributed by atoms with Gasteiger partial charge in [-0.05, 0) is 17.5 Å². The summed E-state index contributed by atoms with van der Waals surface area (Å²) in [7, 11) is 1.59. The zero-order valence-corrected chi connectivity index (χ0v) is 11.8. The molecule has 0 aliphatic heterocycles. The Balaban J connectivity index is 2.57. The van der Waals surface area contributed by atoms with Crippen molar-refractivity contribution in [2.24, 2.45) is 11.1 Å². The molecule has 0 saturated heterocycles. The monoisotopic (exact) mass is 267 g/mol. The van der Waals surface area contributed by atoms with Gasteiger partial charge in [-0.1, -0.05) is 32.4 Å². The van der Waals surface area contributed by atoms with Crippen LogP contribution in [0.3, 0.4) is 0 Å². The van der Waals surface area contributed by atoms with Gasteiger partial charge in [-0.25, -0.2) is 0 Å². The second-order valence-electron chi connectivity index (χ2n) is 5.52. The maximum absolute atomic E-state index is 6.20. The normalized spacial score (nSPS) is 13.9. The van der Waals surface area contributed by atoms with Crippen LogP contribution in [0.2, 0.25) is 5.02 Å². The fourth-order valence-corrected chi connectivity index (χ4v) is 2.05. The number of hydrogen-bond donors (Lipinski definition) is 1. The molecule has 1 heterocycles. The van der Waals surface area contributed by atoms with Gasteiger partial charge in [0.25, 0.3) is 0 Å². The minimum atomic E-state index is -0.173. The predicted molar refractivity (Wildman–Crippen MR) is 74.2 cm³/mol. The van der Waals surface area contributed by atoms with E-state index in [1.807, 2.05) is 12.1 Å². The van der Waals surface area contributed by atoms with E-state index < -0.39 is 0 Å². The van der Waals surface area contributed by atoms with E-state index in [1.54, 1.807) is 13.2 Å². The van der Waals surface area contributed by atoms with Crippen LogP contribution in [0.25, 0.3) is 11.0 Å². The first-order valence-corrected chi connectivity index (χ1v) is 6.23. The molecule has 0 spiro atoms. The Labute approximate surface area is 112 Å². The van der Waals surface area contributed by atoms with Crippen molar-refractivity contribution >= 4 is 22.6 Å². The average Bonchev–Trinajstić information content (AvgIpc) is 2.68. The molecule has 2 rings (SSSR count). The lowest BCUT2D eigenvalue weighted by Crippen LogP contribution is -2.25. The molecule has 0 aliphatic rings. The number of benzene rings is 1. The van der Waals surface area contributed by atoms with Gasteiger partial charge in [0, 0.05) is 16.5 Å². The summed E-state index contributed by atoms with van der Waals surface area (Å²) >= 11 is 6.03.